The van der Waals surface area contributed by atoms with Crippen molar-refractivity contribution in [3.8, 4) is 5.69 Å². The van der Waals surface area contributed by atoms with Crippen molar-refractivity contribution in [2.45, 2.75) is 32.1 Å². The first kappa shape index (κ1) is 30.4. The lowest BCUT2D eigenvalue weighted by Gasteiger charge is -2.29. The molecule has 1 N–H and O–H groups in total. The van der Waals surface area contributed by atoms with Crippen LogP contribution in [0.1, 0.15) is 35.6 Å². The standard InChI is InChI=1S/C31H24F4N4O2.ClH/c1-20(29-37-27-8-3-2-7-26(27)30(41)39(29)25-15-13-23(32)14-16-25)38(19-24-6-4-5-17-36-24)28(40)18-21-9-11-22(12-10-21)31(33,34)35;/h2-17,20H,18-19H2,1H3;1H/t20-;/m1./s1. The number of hydrogen-bond donors (Lipinski definition) is 0. The van der Waals surface area contributed by atoms with Crippen LogP contribution in [0.15, 0.2) is 102 Å². The second-order valence-electron chi connectivity index (χ2n) is 9.56. The van der Waals surface area contributed by atoms with Gasteiger partial charge in [-0.1, -0.05) is 30.3 Å². The number of nitrogens with one attached hydrogen (secondary N) is 1. The molecule has 0 fully saturated rings. The Bertz CT molecular complexity index is 1740. The van der Waals surface area contributed by atoms with Crippen molar-refractivity contribution < 1.29 is 39.7 Å². The van der Waals surface area contributed by atoms with Gasteiger partial charge >= 0.3 is 6.18 Å². The molecule has 2 heterocycles. The lowest BCUT2D eigenvalue weighted by molar-refractivity contribution is -0.392. The number of para-hydroxylation sites is 1. The van der Waals surface area contributed by atoms with Gasteiger partial charge in [0.15, 0.2) is 11.9 Å². The van der Waals surface area contributed by atoms with E-state index >= 15 is 0 Å². The highest BCUT2D eigenvalue weighted by Crippen LogP contribution is 2.30. The summed E-state index contributed by atoms with van der Waals surface area (Å²) in [4.78, 5) is 36.9. The fraction of sp³-hybridized carbons (Fsp3) is 0.161. The van der Waals surface area contributed by atoms with Crippen molar-refractivity contribution in [3.05, 3.63) is 136 Å². The van der Waals surface area contributed by atoms with Crippen LogP contribution in [-0.2, 0) is 23.9 Å². The molecule has 6 nitrogen and oxygen atoms in total. The summed E-state index contributed by atoms with van der Waals surface area (Å²) in [5, 5.41) is 0.354. The summed E-state index contributed by atoms with van der Waals surface area (Å²) < 4.78 is 54.3. The third kappa shape index (κ3) is 6.49. The zero-order valence-electron chi connectivity index (χ0n) is 22.3. The lowest BCUT2D eigenvalue weighted by Crippen LogP contribution is -3.00. The second kappa shape index (κ2) is 12.5. The molecule has 42 heavy (non-hydrogen) atoms. The third-order valence-corrected chi connectivity index (χ3v) is 6.80. The molecule has 0 unspecified atom stereocenters. The summed E-state index contributed by atoms with van der Waals surface area (Å²) in [6.07, 6.45) is -2.96. The van der Waals surface area contributed by atoms with Gasteiger partial charge in [-0.2, -0.15) is 13.2 Å². The van der Waals surface area contributed by atoms with Gasteiger partial charge in [-0.05, 0) is 61.0 Å². The molecule has 11 heteroatoms. The molecule has 2 aromatic heterocycles. The molecule has 3 aromatic carbocycles. The summed E-state index contributed by atoms with van der Waals surface area (Å²) in [5.74, 6) is -0.613. The Morgan fingerprint density at radius 3 is 2.26 bits per heavy atom. The van der Waals surface area contributed by atoms with Crippen molar-refractivity contribution in [2.75, 3.05) is 0 Å². The number of carbonyl (C=O) groups is 1. The van der Waals surface area contributed by atoms with Crippen LogP contribution < -0.4 is 23.0 Å². The van der Waals surface area contributed by atoms with E-state index in [1.54, 1.807) is 55.6 Å². The number of halogens is 5. The Labute approximate surface area is 244 Å². The largest absolute Gasteiger partial charge is 1.00 e. The van der Waals surface area contributed by atoms with Crippen LogP contribution in [0.5, 0.6) is 0 Å². The second-order valence-corrected chi connectivity index (χ2v) is 9.56. The summed E-state index contributed by atoms with van der Waals surface area (Å²) in [6.45, 7) is 1.83. The highest BCUT2D eigenvalue weighted by atomic mass is 35.5. The van der Waals surface area contributed by atoms with E-state index in [9.17, 15) is 27.2 Å². The Balaban J connectivity index is 0.00000405. The maximum absolute atomic E-state index is 13.8. The number of hydrogen-bond acceptors (Lipinski definition) is 3. The normalized spacial score (nSPS) is 12.0. The molecule has 0 bridgehead atoms. The van der Waals surface area contributed by atoms with E-state index in [4.69, 9.17) is 4.98 Å². The molecule has 0 aliphatic carbocycles. The van der Waals surface area contributed by atoms with E-state index < -0.39 is 23.6 Å². The van der Waals surface area contributed by atoms with Crippen molar-refractivity contribution >= 4 is 16.8 Å². The number of nitrogens with zero attached hydrogens (tertiary/aromatic N) is 3. The lowest BCUT2D eigenvalue weighted by atomic mass is 10.1. The molecule has 216 valence electrons. The van der Waals surface area contributed by atoms with Crippen LogP contribution in [-0.4, -0.2) is 20.4 Å². The van der Waals surface area contributed by atoms with Gasteiger partial charge in [0.25, 0.3) is 5.56 Å². The van der Waals surface area contributed by atoms with Crippen LogP contribution in [0.25, 0.3) is 16.6 Å². The van der Waals surface area contributed by atoms with Gasteiger partial charge < -0.3 is 17.3 Å². The summed E-state index contributed by atoms with van der Waals surface area (Å²) >= 11 is 0. The number of amides is 1. The Morgan fingerprint density at radius 2 is 1.62 bits per heavy atom. The smallest absolute Gasteiger partial charge is 0.416 e. The number of H-pyrrole nitrogens is 1. The van der Waals surface area contributed by atoms with Crippen LogP contribution in [0.3, 0.4) is 0 Å². The van der Waals surface area contributed by atoms with E-state index in [0.717, 1.165) is 12.1 Å². The maximum atomic E-state index is 13.8. The van der Waals surface area contributed by atoms with Crippen molar-refractivity contribution in [1.82, 2.24) is 14.5 Å². The molecule has 0 saturated heterocycles. The number of aromatic nitrogens is 3. The number of alkyl halides is 3. The number of aromatic amines is 1. The number of carbonyl (C=O) groups excluding carboxylic acids is 1. The monoisotopic (exact) mass is 596 g/mol. The minimum Gasteiger partial charge on any atom is -1.00 e. The first-order chi connectivity index (χ1) is 19.6. The average Bonchev–Trinajstić information content (AvgIpc) is 2.96. The van der Waals surface area contributed by atoms with Crippen LogP contribution in [0, 0.1) is 5.82 Å². The third-order valence-electron chi connectivity index (χ3n) is 6.80. The number of rotatable bonds is 7. The average molecular weight is 597 g/mol. The summed E-state index contributed by atoms with van der Waals surface area (Å²) in [7, 11) is 0. The fourth-order valence-electron chi connectivity index (χ4n) is 4.65. The Morgan fingerprint density at radius 1 is 0.952 bits per heavy atom. The Kier molecular flexibility index (Phi) is 9.06. The van der Waals surface area contributed by atoms with Crippen LogP contribution in [0.4, 0.5) is 17.6 Å². The molecule has 0 spiro atoms. The molecular formula is C31H25ClF4N4O2. The highest BCUT2D eigenvalue weighted by Gasteiger charge is 2.31. The minimum absolute atomic E-state index is 0. The Hall–Kier alpha value is -4.57. The van der Waals surface area contributed by atoms with Crippen LogP contribution in [0.2, 0.25) is 0 Å². The van der Waals surface area contributed by atoms with Crippen molar-refractivity contribution in [3.63, 3.8) is 0 Å². The first-order valence-electron chi connectivity index (χ1n) is 12.8. The number of pyridine rings is 1. The minimum atomic E-state index is -4.49. The SMILES string of the molecule is C[C@H](c1nc2ccccc2c(=O)n1-c1ccc(F)cc1)N(Cc1cccc[nH+]1)C(=O)Cc1ccc(C(F)(F)F)cc1.[Cl-]. The zero-order valence-corrected chi connectivity index (χ0v) is 23.0. The van der Waals surface area contributed by atoms with Gasteiger partial charge in [-0.3, -0.25) is 14.2 Å². The van der Waals surface area contributed by atoms with E-state index in [1.165, 1.54) is 45.9 Å². The number of benzene rings is 3. The van der Waals surface area contributed by atoms with Crippen molar-refractivity contribution in [1.29, 1.82) is 0 Å². The fourth-order valence-corrected chi connectivity index (χ4v) is 4.65. The van der Waals surface area contributed by atoms with Gasteiger partial charge in [0.05, 0.1) is 34.6 Å². The predicted octanol–water partition coefficient (Wildman–Crippen LogP) is 2.69. The van der Waals surface area contributed by atoms with Gasteiger partial charge in [0, 0.05) is 12.1 Å². The first-order valence-corrected chi connectivity index (χ1v) is 12.8. The molecule has 0 aliphatic heterocycles. The highest BCUT2D eigenvalue weighted by molar-refractivity contribution is 5.80. The van der Waals surface area contributed by atoms with Crippen molar-refractivity contribution in [2.24, 2.45) is 0 Å². The molecule has 0 saturated carbocycles. The summed E-state index contributed by atoms with van der Waals surface area (Å²) in [5.41, 5.74) is 0.709. The topological polar surface area (TPSA) is 69.3 Å². The number of fused-ring (bicyclic) bond motifs is 1. The van der Waals surface area contributed by atoms with E-state index in [-0.39, 0.29) is 42.7 Å². The van der Waals surface area contributed by atoms with Crippen LogP contribution >= 0.6 is 0 Å². The molecule has 0 radical (unpaired) electrons. The molecular weight excluding hydrogens is 572 g/mol. The quantitative estimate of drug-likeness (QED) is 0.271. The maximum Gasteiger partial charge on any atom is 0.416 e. The molecule has 5 rings (SSSR count). The molecule has 5 aromatic rings. The van der Waals surface area contributed by atoms with Gasteiger partial charge in [-0.15, -0.1) is 0 Å². The zero-order chi connectivity index (χ0) is 29.1. The molecule has 0 aliphatic rings. The van der Waals surface area contributed by atoms with Gasteiger partial charge in [0.1, 0.15) is 18.2 Å². The van der Waals surface area contributed by atoms with E-state index in [2.05, 4.69) is 4.98 Å². The van der Waals surface area contributed by atoms with Gasteiger partial charge in [0.2, 0.25) is 5.91 Å². The van der Waals surface area contributed by atoms with E-state index in [0.29, 0.717) is 27.8 Å². The summed E-state index contributed by atoms with van der Waals surface area (Å²) in [6, 6.07) is 21.3. The molecule has 1 atom stereocenters. The van der Waals surface area contributed by atoms with E-state index in [1.807, 2.05) is 0 Å². The molecule has 1 amide bonds. The predicted molar refractivity (Wildman–Crippen MR) is 144 cm³/mol. The van der Waals surface area contributed by atoms with Gasteiger partial charge in [-0.25, -0.2) is 14.4 Å².